The first-order valence-corrected chi connectivity index (χ1v) is 9.69. The van der Waals surface area contributed by atoms with E-state index in [0.717, 1.165) is 40.9 Å². The Hall–Kier alpha value is 0.480. The van der Waals surface area contributed by atoms with Crippen LogP contribution in [0.1, 0.15) is 44.9 Å². The minimum atomic E-state index is 0.629. The van der Waals surface area contributed by atoms with E-state index in [0.29, 0.717) is 4.32 Å². The van der Waals surface area contributed by atoms with Gasteiger partial charge in [0.2, 0.25) is 0 Å². The van der Waals surface area contributed by atoms with Gasteiger partial charge < -0.3 is 0 Å². The maximum atomic E-state index is 4.43. The quantitative estimate of drug-likeness (QED) is 0.578. The lowest BCUT2D eigenvalue weighted by atomic mass is 9.22. The van der Waals surface area contributed by atoms with Crippen molar-refractivity contribution in [3.05, 3.63) is 0 Å². The monoisotopic (exact) mass is 318 g/mol. The molecule has 10 saturated carbocycles. The van der Waals surface area contributed by atoms with Crippen LogP contribution in [-0.4, -0.2) is 4.32 Å². The van der Waals surface area contributed by atoms with Crippen molar-refractivity contribution >= 4 is 15.9 Å². The van der Waals surface area contributed by atoms with Crippen LogP contribution in [0.3, 0.4) is 0 Å². The third-order valence-corrected chi connectivity index (χ3v) is 11.1. The van der Waals surface area contributed by atoms with Gasteiger partial charge in [0.25, 0.3) is 0 Å². The van der Waals surface area contributed by atoms with E-state index in [1.807, 2.05) is 0 Å². The van der Waals surface area contributed by atoms with E-state index in [1.54, 1.807) is 44.9 Å². The Labute approximate surface area is 124 Å². The Morgan fingerprint density at radius 3 is 2.47 bits per heavy atom. The van der Waals surface area contributed by atoms with Gasteiger partial charge in [0, 0.05) is 4.32 Å². The lowest BCUT2D eigenvalue weighted by molar-refractivity contribution is -0.335. The van der Waals surface area contributed by atoms with Crippen LogP contribution in [0, 0.1) is 58.7 Å². The van der Waals surface area contributed by atoms with Gasteiger partial charge in [-0.05, 0) is 104 Å². The van der Waals surface area contributed by atoms with E-state index in [9.17, 15) is 0 Å². The normalized spacial score (nSPS) is 80.4. The molecule has 10 rings (SSSR count). The Balaban J connectivity index is 1.58. The van der Waals surface area contributed by atoms with E-state index in [4.69, 9.17) is 0 Å². The van der Waals surface area contributed by atoms with Crippen LogP contribution in [0.25, 0.3) is 0 Å². The fourth-order valence-corrected chi connectivity index (χ4v) is 12.1. The van der Waals surface area contributed by atoms with Crippen molar-refractivity contribution in [2.45, 2.75) is 49.3 Å². The average Bonchev–Trinajstić information content (AvgIpc) is 2.34. The first kappa shape index (κ1) is 10.2. The summed E-state index contributed by atoms with van der Waals surface area (Å²) >= 11 is 4.43. The standard InChI is InChI=1S/C18H23Br/c19-18-7-9-3-13-14(18)4-10-11-1-8-2-12(10)16(18)17(5-8,6-9)15(11)13/h8-16H,1-7H2/t8-,9-,10-,11+,12-,13-,14+,15-,16-,17-,18-/m0/s1. The van der Waals surface area contributed by atoms with E-state index in [-0.39, 0.29) is 0 Å². The minimum absolute atomic E-state index is 0.629. The molecule has 10 aliphatic carbocycles. The molecule has 0 aromatic rings. The van der Waals surface area contributed by atoms with Crippen LogP contribution in [0.5, 0.6) is 0 Å². The minimum Gasteiger partial charge on any atom is -0.0847 e. The molecule has 10 aliphatic rings. The largest absolute Gasteiger partial charge is 0.0847 e. The van der Waals surface area contributed by atoms with Gasteiger partial charge >= 0.3 is 0 Å². The lowest BCUT2D eigenvalue weighted by Gasteiger charge is -2.85. The second kappa shape index (κ2) is 2.61. The van der Waals surface area contributed by atoms with Crippen LogP contribution < -0.4 is 0 Å². The van der Waals surface area contributed by atoms with Crippen molar-refractivity contribution in [2.24, 2.45) is 58.7 Å². The van der Waals surface area contributed by atoms with Gasteiger partial charge in [0.1, 0.15) is 0 Å². The molecule has 1 heteroatoms. The highest BCUT2D eigenvalue weighted by Crippen LogP contribution is 2.86. The Morgan fingerprint density at radius 2 is 1.53 bits per heavy atom. The highest BCUT2D eigenvalue weighted by molar-refractivity contribution is 9.10. The van der Waals surface area contributed by atoms with Crippen molar-refractivity contribution in [3.63, 3.8) is 0 Å². The molecule has 0 saturated heterocycles. The summed E-state index contributed by atoms with van der Waals surface area (Å²) in [6, 6.07) is 0. The molecule has 0 amide bonds. The summed E-state index contributed by atoms with van der Waals surface area (Å²) in [6.45, 7) is 0. The van der Waals surface area contributed by atoms with Crippen LogP contribution in [0.15, 0.2) is 0 Å². The van der Waals surface area contributed by atoms with Gasteiger partial charge in [-0.15, -0.1) is 0 Å². The molecule has 1 spiro atoms. The van der Waals surface area contributed by atoms with Crippen molar-refractivity contribution in [2.75, 3.05) is 0 Å². The third kappa shape index (κ3) is 0.795. The number of hydrogen-bond acceptors (Lipinski definition) is 0. The van der Waals surface area contributed by atoms with Gasteiger partial charge in [-0.3, -0.25) is 0 Å². The Kier molecular flexibility index (Phi) is 1.41. The van der Waals surface area contributed by atoms with Crippen LogP contribution in [0.4, 0.5) is 0 Å². The fraction of sp³-hybridized carbons (Fsp3) is 1.00. The molecule has 0 N–H and O–H groups in total. The highest BCUT2D eigenvalue weighted by Gasteiger charge is 2.81. The molecule has 19 heavy (non-hydrogen) atoms. The molecule has 11 bridgehead atoms. The number of halogens is 1. The van der Waals surface area contributed by atoms with Crippen molar-refractivity contribution in [1.82, 2.24) is 0 Å². The lowest BCUT2D eigenvalue weighted by Crippen LogP contribution is -2.81. The van der Waals surface area contributed by atoms with Gasteiger partial charge in [-0.25, -0.2) is 0 Å². The Morgan fingerprint density at radius 1 is 0.737 bits per heavy atom. The second-order valence-corrected chi connectivity index (χ2v) is 11.2. The van der Waals surface area contributed by atoms with Crippen molar-refractivity contribution < 1.29 is 0 Å². The van der Waals surface area contributed by atoms with Crippen molar-refractivity contribution in [3.8, 4) is 0 Å². The molecule has 0 unspecified atom stereocenters. The smallest absolute Gasteiger partial charge is 0.0327 e. The van der Waals surface area contributed by atoms with Gasteiger partial charge in [-0.1, -0.05) is 15.9 Å². The maximum Gasteiger partial charge on any atom is 0.0327 e. The van der Waals surface area contributed by atoms with Crippen LogP contribution >= 0.6 is 15.9 Å². The van der Waals surface area contributed by atoms with Gasteiger partial charge in [0.15, 0.2) is 0 Å². The second-order valence-electron chi connectivity index (χ2n) is 9.71. The predicted octanol–water partition coefficient (Wildman–Crippen LogP) is 4.48. The highest BCUT2D eigenvalue weighted by atomic mass is 79.9. The van der Waals surface area contributed by atoms with E-state index >= 15 is 0 Å². The molecule has 0 radical (unpaired) electrons. The zero-order chi connectivity index (χ0) is 12.1. The molecule has 0 aromatic carbocycles. The van der Waals surface area contributed by atoms with E-state index in [2.05, 4.69) is 15.9 Å². The summed E-state index contributed by atoms with van der Waals surface area (Å²) in [5.74, 6) is 10.4. The summed E-state index contributed by atoms with van der Waals surface area (Å²) in [6.07, 6.45) is 11.4. The van der Waals surface area contributed by atoms with Crippen LogP contribution in [-0.2, 0) is 0 Å². The summed E-state index contributed by atoms with van der Waals surface area (Å²) in [5.41, 5.74) is 0.860. The predicted molar refractivity (Wildman–Crippen MR) is 77.8 cm³/mol. The number of alkyl halides is 1. The maximum absolute atomic E-state index is 4.43. The summed E-state index contributed by atoms with van der Waals surface area (Å²) in [4.78, 5) is 0. The van der Waals surface area contributed by atoms with E-state index in [1.165, 1.54) is 17.8 Å². The third-order valence-electron chi connectivity index (χ3n) is 9.67. The Bertz CT molecular complexity index is 510. The molecular weight excluding hydrogens is 296 g/mol. The van der Waals surface area contributed by atoms with E-state index < -0.39 is 0 Å². The fourth-order valence-electron chi connectivity index (χ4n) is 10.3. The summed E-state index contributed by atoms with van der Waals surface area (Å²) in [5, 5.41) is 0. The average molecular weight is 319 g/mol. The van der Waals surface area contributed by atoms with Crippen molar-refractivity contribution in [1.29, 1.82) is 0 Å². The van der Waals surface area contributed by atoms with Gasteiger partial charge in [-0.2, -0.15) is 0 Å². The van der Waals surface area contributed by atoms with Gasteiger partial charge in [0.05, 0.1) is 0 Å². The zero-order valence-corrected chi connectivity index (χ0v) is 13.1. The molecule has 102 valence electrons. The zero-order valence-electron chi connectivity index (χ0n) is 11.5. The topological polar surface area (TPSA) is 0 Å². The number of hydrogen-bond donors (Lipinski definition) is 0. The number of rotatable bonds is 0. The summed E-state index contributed by atoms with van der Waals surface area (Å²) in [7, 11) is 0. The molecule has 0 aromatic heterocycles. The molecule has 10 fully saturated rings. The molecule has 0 nitrogen and oxygen atoms in total. The first-order valence-electron chi connectivity index (χ1n) is 8.90. The molecular formula is C18H23Br. The first-order chi connectivity index (χ1) is 9.21. The van der Waals surface area contributed by atoms with Crippen LogP contribution in [0.2, 0.25) is 0 Å². The molecule has 0 heterocycles. The summed E-state index contributed by atoms with van der Waals surface area (Å²) < 4.78 is 0.629. The molecule has 0 aliphatic heterocycles. The molecule has 11 atom stereocenters. The SMILES string of the molecule is Br[C@@]12C[C@H]3C[C@@H]4[C@@H]5[C@@H]6C[C@H]7C[C@@H]([C@H]6C[C@H]41)[C@H]2[C@]5(C3)C7.